The normalized spacial score (nSPS) is 20.4. The second-order valence-electron chi connectivity index (χ2n) is 4.97. The number of hydrogen-bond acceptors (Lipinski definition) is 3. The van der Waals surface area contributed by atoms with Crippen LogP contribution in [-0.2, 0) is 6.42 Å². The Kier molecular flexibility index (Phi) is 3.16. The maximum absolute atomic E-state index is 12.2. The molecule has 1 aliphatic carbocycles. The summed E-state index contributed by atoms with van der Waals surface area (Å²) in [5.41, 5.74) is 2.49. The lowest BCUT2D eigenvalue weighted by atomic mass is 10.1. The van der Waals surface area contributed by atoms with Crippen LogP contribution in [-0.4, -0.2) is 22.2 Å². The molecular weight excluding hydrogens is 254 g/mol. The van der Waals surface area contributed by atoms with Gasteiger partial charge in [-0.3, -0.25) is 4.79 Å². The van der Waals surface area contributed by atoms with Crippen LogP contribution in [0.4, 0.5) is 0 Å². The second kappa shape index (κ2) is 4.98. The number of benzene rings is 2. The van der Waals surface area contributed by atoms with E-state index in [1.165, 1.54) is 12.1 Å². The molecule has 0 unspecified atom stereocenters. The van der Waals surface area contributed by atoms with Gasteiger partial charge >= 0.3 is 0 Å². The van der Waals surface area contributed by atoms with Gasteiger partial charge in [0.15, 0.2) is 0 Å². The first-order valence-electron chi connectivity index (χ1n) is 6.51. The average molecular weight is 269 g/mol. The van der Waals surface area contributed by atoms with Crippen LogP contribution >= 0.6 is 0 Å². The molecule has 0 heterocycles. The van der Waals surface area contributed by atoms with Crippen LogP contribution in [0.25, 0.3) is 0 Å². The molecule has 2 atom stereocenters. The number of rotatable bonds is 2. The van der Waals surface area contributed by atoms with Gasteiger partial charge in [-0.25, -0.2) is 0 Å². The van der Waals surface area contributed by atoms with E-state index in [4.69, 9.17) is 0 Å². The number of phenols is 1. The first kappa shape index (κ1) is 12.7. The molecule has 0 aliphatic heterocycles. The SMILES string of the molecule is O=C(N[C@H]1c2ccccc2C[C@H]1O)c1ccc(O)cc1. The fourth-order valence-corrected chi connectivity index (χ4v) is 2.59. The molecule has 3 rings (SSSR count). The molecule has 1 amide bonds. The lowest BCUT2D eigenvalue weighted by Gasteiger charge is -2.18. The summed E-state index contributed by atoms with van der Waals surface area (Å²) in [6.45, 7) is 0. The molecule has 0 bridgehead atoms. The third-order valence-electron chi connectivity index (χ3n) is 3.62. The number of carbonyl (C=O) groups excluding carboxylic acids is 1. The van der Waals surface area contributed by atoms with Crippen molar-refractivity contribution in [3.63, 3.8) is 0 Å². The predicted octanol–water partition coefficient (Wildman–Crippen LogP) is 1.78. The van der Waals surface area contributed by atoms with Gasteiger partial charge in [0.1, 0.15) is 5.75 Å². The third kappa shape index (κ3) is 2.26. The second-order valence-corrected chi connectivity index (χ2v) is 4.97. The molecule has 2 aromatic rings. The fourth-order valence-electron chi connectivity index (χ4n) is 2.59. The van der Waals surface area contributed by atoms with Gasteiger partial charge in [-0.1, -0.05) is 24.3 Å². The molecule has 4 nitrogen and oxygen atoms in total. The Hall–Kier alpha value is -2.33. The lowest BCUT2D eigenvalue weighted by molar-refractivity contribution is 0.0858. The highest BCUT2D eigenvalue weighted by Crippen LogP contribution is 2.31. The quantitative estimate of drug-likeness (QED) is 0.778. The van der Waals surface area contributed by atoms with Crippen LogP contribution in [0.5, 0.6) is 5.75 Å². The molecule has 0 fully saturated rings. The number of carbonyl (C=O) groups is 1. The zero-order valence-electron chi connectivity index (χ0n) is 10.8. The van der Waals surface area contributed by atoms with Crippen LogP contribution in [0.2, 0.25) is 0 Å². The monoisotopic (exact) mass is 269 g/mol. The van der Waals surface area contributed by atoms with Crippen molar-refractivity contribution in [2.45, 2.75) is 18.6 Å². The summed E-state index contributed by atoms with van der Waals surface area (Å²) >= 11 is 0. The van der Waals surface area contributed by atoms with E-state index in [-0.39, 0.29) is 17.7 Å². The van der Waals surface area contributed by atoms with Gasteiger partial charge in [0.05, 0.1) is 12.1 Å². The minimum absolute atomic E-state index is 0.118. The van der Waals surface area contributed by atoms with Gasteiger partial charge in [0, 0.05) is 12.0 Å². The predicted molar refractivity (Wildman–Crippen MR) is 74.5 cm³/mol. The van der Waals surface area contributed by atoms with Gasteiger partial charge < -0.3 is 15.5 Å². The highest BCUT2D eigenvalue weighted by molar-refractivity contribution is 5.94. The molecule has 2 aromatic carbocycles. The summed E-state index contributed by atoms with van der Waals surface area (Å²) in [5, 5.41) is 22.2. The molecule has 0 saturated heterocycles. The Morgan fingerprint density at radius 2 is 1.80 bits per heavy atom. The van der Waals surface area contributed by atoms with E-state index in [1.807, 2.05) is 24.3 Å². The van der Waals surface area contributed by atoms with Crippen LogP contribution < -0.4 is 5.32 Å². The largest absolute Gasteiger partial charge is 0.508 e. The summed E-state index contributed by atoms with van der Waals surface area (Å²) in [4.78, 5) is 12.2. The highest BCUT2D eigenvalue weighted by Gasteiger charge is 2.31. The fraction of sp³-hybridized carbons (Fsp3) is 0.188. The molecule has 102 valence electrons. The van der Waals surface area contributed by atoms with E-state index < -0.39 is 6.10 Å². The first-order valence-corrected chi connectivity index (χ1v) is 6.51. The molecule has 20 heavy (non-hydrogen) atoms. The molecule has 4 heteroatoms. The summed E-state index contributed by atoms with van der Waals surface area (Å²) in [7, 11) is 0. The zero-order valence-corrected chi connectivity index (χ0v) is 10.8. The van der Waals surface area contributed by atoms with Crippen molar-refractivity contribution in [1.82, 2.24) is 5.32 Å². The highest BCUT2D eigenvalue weighted by atomic mass is 16.3. The van der Waals surface area contributed by atoms with Crippen molar-refractivity contribution in [3.8, 4) is 5.75 Å². The molecule has 0 saturated carbocycles. The topological polar surface area (TPSA) is 69.6 Å². The lowest BCUT2D eigenvalue weighted by Crippen LogP contribution is -2.33. The molecule has 1 aliphatic rings. The summed E-state index contributed by atoms with van der Waals surface area (Å²) < 4.78 is 0. The van der Waals surface area contributed by atoms with Crippen LogP contribution in [0.3, 0.4) is 0 Å². The van der Waals surface area contributed by atoms with Gasteiger partial charge in [0.2, 0.25) is 0 Å². The summed E-state index contributed by atoms with van der Waals surface area (Å²) in [5.74, 6) is -0.140. The van der Waals surface area contributed by atoms with E-state index in [9.17, 15) is 15.0 Å². The van der Waals surface area contributed by atoms with Crippen LogP contribution in [0, 0.1) is 0 Å². The van der Waals surface area contributed by atoms with Crippen molar-refractivity contribution in [1.29, 1.82) is 0 Å². The Bertz CT molecular complexity index is 636. The Labute approximate surface area is 116 Å². The van der Waals surface area contributed by atoms with E-state index in [0.717, 1.165) is 11.1 Å². The first-order chi connectivity index (χ1) is 9.65. The Balaban J connectivity index is 1.81. The maximum atomic E-state index is 12.2. The van der Waals surface area contributed by atoms with Crippen molar-refractivity contribution in [2.24, 2.45) is 0 Å². The molecular formula is C16H15NO3. The van der Waals surface area contributed by atoms with Crippen molar-refractivity contribution >= 4 is 5.91 Å². The Morgan fingerprint density at radius 3 is 2.55 bits per heavy atom. The maximum Gasteiger partial charge on any atom is 0.251 e. The van der Waals surface area contributed by atoms with Crippen LogP contribution in [0.15, 0.2) is 48.5 Å². The summed E-state index contributed by atoms with van der Waals surface area (Å²) in [6, 6.07) is 13.4. The number of aliphatic hydroxyl groups is 1. The number of nitrogens with one attached hydrogen (secondary N) is 1. The molecule has 3 N–H and O–H groups in total. The molecule has 0 aromatic heterocycles. The number of fused-ring (bicyclic) bond motifs is 1. The summed E-state index contributed by atoms with van der Waals surface area (Å²) in [6.07, 6.45) is -0.0510. The van der Waals surface area contributed by atoms with Gasteiger partial charge in [-0.15, -0.1) is 0 Å². The number of hydrogen-bond donors (Lipinski definition) is 3. The Morgan fingerprint density at radius 1 is 1.10 bits per heavy atom. The van der Waals surface area contributed by atoms with Crippen molar-refractivity contribution < 1.29 is 15.0 Å². The van der Waals surface area contributed by atoms with E-state index in [0.29, 0.717) is 12.0 Å². The van der Waals surface area contributed by atoms with Crippen molar-refractivity contribution in [3.05, 3.63) is 65.2 Å². The average Bonchev–Trinajstić information content (AvgIpc) is 2.76. The van der Waals surface area contributed by atoms with Gasteiger partial charge in [-0.2, -0.15) is 0 Å². The number of aliphatic hydroxyl groups excluding tert-OH is 1. The number of aromatic hydroxyl groups is 1. The zero-order chi connectivity index (χ0) is 14.1. The van der Waals surface area contributed by atoms with Gasteiger partial charge in [-0.05, 0) is 35.4 Å². The number of amides is 1. The van der Waals surface area contributed by atoms with E-state index >= 15 is 0 Å². The van der Waals surface area contributed by atoms with Crippen molar-refractivity contribution in [2.75, 3.05) is 0 Å². The van der Waals surface area contributed by atoms with E-state index in [2.05, 4.69) is 5.32 Å². The molecule has 0 spiro atoms. The minimum atomic E-state index is -0.603. The van der Waals surface area contributed by atoms with E-state index in [1.54, 1.807) is 12.1 Å². The van der Waals surface area contributed by atoms with Crippen LogP contribution in [0.1, 0.15) is 27.5 Å². The standard InChI is InChI=1S/C16H15NO3/c18-12-7-5-10(6-8-12)16(20)17-15-13-4-2-1-3-11(13)9-14(15)19/h1-8,14-15,18-19H,9H2,(H,17,20)/t14-,15+/m1/s1. The third-order valence-corrected chi connectivity index (χ3v) is 3.62. The smallest absolute Gasteiger partial charge is 0.251 e. The molecule has 0 radical (unpaired) electrons. The minimum Gasteiger partial charge on any atom is -0.508 e. The number of phenolic OH excluding ortho intramolecular Hbond substituents is 1. The van der Waals surface area contributed by atoms with Gasteiger partial charge in [0.25, 0.3) is 5.91 Å².